The lowest BCUT2D eigenvalue weighted by molar-refractivity contribution is 0.358. The molecule has 1 aromatic heterocycles. The van der Waals surface area contributed by atoms with E-state index in [0.29, 0.717) is 5.92 Å². The van der Waals surface area contributed by atoms with Crippen molar-refractivity contribution in [2.45, 2.75) is 38.6 Å². The van der Waals surface area contributed by atoms with Crippen LogP contribution in [0.1, 0.15) is 44.2 Å². The first kappa shape index (κ1) is 13.5. The third kappa shape index (κ3) is 2.56. The van der Waals surface area contributed by atoms with Crippen LogP contribution in [0.25, 0.3) is 10.9 Å². The van der Waals surface area contributed by atoms with Crippen LogP contribution >= 0.6 is 0 Å². The zero-order valence-electron chi connectivity index (χ0n) is 12.0. The number of nitrogens with two attached hydrogens (primary N) is 1. The minimum Gasteiger partial charge on any atom is -0.271 e. The Hall–Kier alpha value is -1.45. The fourth-order valence-electron chi connectivity index (χ4n) is 3.55. The zero-order chi connectivity index (χ0) is 13.9. The number of hydrazine groups is 1. The van der Waals surface area contributed by atoms with Crippen LogP contribution in [-0.2, 0) is 0 Å². The highest BCUT2D eigenvalue weighted by Gasteiger charge is 2.30. The van der Waals surface area contributed by atoms with E-state index >= 15 is 0 Å². The Labute approximate surface area is 120 Å². The normalized spacial score (nSPS) is 24.1. The monoisotopic (exact) mass is 269 g/mol. The number of fused-ring (bicyclic) bond motifs is 1. The molecule has 0 spiro atoms. The number of nitrogens with zero attached hydrogens (tertiary/aromatic N) is 1. The lowest BCUT2D eigenvalue weighted by Gasteiger charge is -2.23. The maximum atomic E-state index is 5.84. The first-order valence-corrected chi connectivity index (χ1v) is 7.62. The molecule has 2 aromatic rings. The van der Waals surface area contributed by atoms with Crippen molar-refractivity contribution >= 4 is 10.9 Å². The van der Waals surface area contributed by atoms with Gasteiger partial charge in [-0.05, 0) is 42.4 Å². The molecule has 0 radical (unpaired) electrons. The number of aromatic nitrogens is 1. The summed E-state index contributed by atoms with van der Waals surface area (Å²) in [7, 11) is 0. The summed E-state index contributed by atoms with van der Waals surface area (Å²) in [5.41, 5.74) is 5.29. The van der Waals surface area contributed by atoms with Crippen molar-refractivity contribution in [1.29, 1.82) is 0 Å². The lowest BCUT2D eigenvalue weighted by Crippen LogP contribution is -2.32. The molecule has 0 aliphatic heterocycles. The molecule has 106 valence electrons. The number of hydrogen-bond donors (Lipinski definition) is 2. The van der Waals surface area contributed by atoms with Crippen molar-refractivity contribution < 1.29 is 0 Å². The van der Waals surface area contributed by atoms with Gasteiger partial charge in [0, 0.05) is 11.6 Å². The van der Waals surface area contributed by atoms with E-state index in [9.17, 15) is 0 Å². The Morgan fingerprint density at radius 2 is 2.20 bits per heavy atom. The smallest absolute Gasteiger partial charge is 0.0702 e. The summed E-state index contributed by atoms with van der Waals surface area (Å²) < 4.78 is 0. The minimum atomic E-state index is 0.226. The largest absolute Gasteiger partial charge is 0.271 e. The summed E-state index contributed by atoms with van der Waals surface area (Å²) in [5.74, 6) is 7.34. The van der Waals surface area contributed by atoms with Crippen LogP contribution in [0.3, 0.4) is 0 Å². The number of pyridine rings is 1. The van der Waals surface area contributed by atoms with Crippen molar-refractivity contribution in [3.63, 3.8) is 0 Å². The lowest BCUT2D eigenvalue weighted by atomic mass is 9.91. The molecule has 1 fully saturated rings. The van der Waals surface area contributed by atoms with E-state index < -0.39 is 0 Å². The topological polar surface area (TPSA) is 50.9 Å². The summed E-state index contributed by atoms with van der Waals surface area (Å²) in [6, 6.07) is 10.7. The van der Waals surface area contributed by atoms with E-state index in [1.807, 2.05) is 18.3 Å². The highest BCUT2D eigenvalue weighted by Crippen LogP contribution is 2.40. The molecule has 0 bridgehead atoms. The van der Waals surface area contributed by atoms with Crippen molar-refractivity contribution in [3.05, 3.63) is 42.1 Å². The van der Waals surface area contributed by atoms with Crippen molar-refractivity contribution in [1.82, 2.24) is 10.4 Å². The quantitative estimate of drug-likeness (QED) is 0.659. The first-order chi connectivity index (χ1) is 9.81. The molecule has 3 heteroatoms. The van der Waals surface area contributed by atoms with Gasteiger partial charge in [0.1, 0.15) is 0 Å². The molecule has 1 aromatic carbocycles. The molecule has 0 saturated heterocycles. The Kier molecular flexibility index (Phi) is 3.99. The van der Waals surface area contributed by atoms with Crippen molar-refractivity contribution in [3.8, 4) is 0 Å². The van der Waals surface area contributed by atoms with Gasteiger partial charge in [0.2, 0.25) is 0 Å². The predicted molar refractivity (Wildman–Crippen MR) is 82.9 cm³/mol. The molecule has 1 aliphatic rings. The molecule has 1 heterocycles. The number of para-hydroxylation sites is 1. The summed E-state index contributed by atoms with van der Waals surface area (Å²) >= 11 is 0. The van der Waals surface area contributed by atoms with Crippen LogP contribution in [0.4, 0.5) is 0 Å². The molecule has 3 atom stereocenters. The van der Waals surface area contributed by atoms with Gasteiger partial charge in [-0.15, -0.1) is 0 Å². The molecule has 3 N–H and O–H groups in total. The molecule has 3 unspecified atom stereocenters. The highest BCUT2D eigenvalue weighted by molar-refractivity contribution is 5.78. The van der Waals surface area contributed by atoms with Crippen LogP contribution in [0.5, 0.6) is 0 Å². The van der Waals surface area contributed by atoms with Gasteiger partial charge in [0.15, 0.2) is 0 Å². The average molecular weight is 269 g/mol. The summed E-state index contributed by atoms with van der Waals surface area (Å²) in [5, 5.41) is 1.19. The zero-order valence-corrected chi connectivity index (χ0v) is 12.0. The molecule has 1 aliphatic carbocycles. The van der Waals surface area contributed by atoms with Crippen molar-refractivity contribution in [2.75, 3.05) is 0 Å². The van der Waals surface area contributed by atoms with E-state index in [-0.39, 0.29) is 6.04 Å². The summed E-state index contributed by atoms with van der Waals surface area (Å²) in [4.78, 5) is 4.57. The molecule has 1 saturated carbocycles. The van der Waals surface area contributed by atoms with E-state index in [1.54, 1.807) is 0 Å². The average Bonchev–Trinajstić information content (AvgIpc) is 2.97. The summed E-state index contributed by atoms with van der Waals surface area (Å²) in [6.45, 7) is 2.29. The van der Waals surface area contributed by atoms with Gasteiger partial charge < -0.3 is 0 Å². The fourth-order valence-corrected chi connectivity index (χ4v) is 3.55. The van der Waals surface area contributed by atoms with E-state index in [0.717, 1.165) is 11.4 Å². The van der Waals surface area contributed by atoms with E-state index in [2.05, 4.69) is 35.5 Å². The van der Waals surface area contributed by atoms with Gasteiger partial charge in [-0.2, -0.15) is 0 Å². The Morgan fingerprint density at radius 3 is 2.95 bits per heavy atom. The fraction of sp³-hybridized carbons (Fsp3) is 0.471. The molecular formula is C17H23N3. The van der Waals surface area contributed by atoms with Gasteiger partial charge in [0.25, 0.3) is 0 Å². The maximum absolute atomic E-state index is 5.84. The second kappa shape index (κ2) is 5.90. The van der Waals surface area contributed by atoms with E-state index in [4.69, 9.17) is 5.84 Å². The number of nitrogens with one attached hydrogen (secondary N) is 1. The Balaban J connectivity index is 1.87. The standard InChI is InChI=1S/C17H23N3/c1-2-12-7-8-14(9-12)17(20-18)15-10-13-5-3-4-6-16(13)19-11-15/h3-6,10-12,14,17,20H,2,7-9,18H2,1H3. The van der Waals surface area contributed by atoms with Crippen LogP contribution in [-0.4, -0.2) is 4.98 Å². The molecule has 0 amide bonds. The summed E-state index contributed by atoms with van der Waals surface area (Å²) in [6.07, 6.45) is 7.13. The molecule has 3 nitrogen and oxygen atoms in total. The van der Waals surface area contributed by atoms with Gasteiger partial charge >= 0.3 is 0 Å². The van der Waals surface area contributed by atoms with Crippen LogP contribution in [0, 0.1) is 11.8 Å². The van der Waals surface area contributed by atoms with Crippen LogP contribution in [0.2, 0.25) is 0 Å². The van der Waals surface area contributed by atoms with Crippen LogP contribution < -0.4 is 11.3 Å². The van der Waals surface area contributed by atoms with Gasteiger partial charge in [-0.25, -0.2) is 0 Å². The van der Waals surface area contributed by atoms with Gasteiger partial charge in [-0.1, -0.05) is 38.0 Å². The molecular weight excluding hydrogens is 246 g/mol. The molecule has 20 heavy (non-hydrogen) atoms. The SMILES string of the molecule is CCC1CCC(C(NN)c2cnc3ccccc3c2)C1. The van der Waals surface area contributed by atoms with Crippen molar-refractivity contribution in [2.24, 2.45) is 17.7 Å². The van der Waals surface area contributed by atoms with E-state index in [1.165, 1.54) is 36.6 Å². The Morgan fingerprint density at radius 1 is 1.35 bits per heavy atom. The van der Waals surface area contributed by atoms with Crippen LogP contribution in [0.15, 0.2) is 36.5 Å². The number of rotatable bonds is 4. The second-order valence-electron chi connectivity index (χ2n) is 5.95. The third-order valence-corrected chi connectivity index (χ3v) is 4.78. The maximum Gasteiger partial charge on any atom is 0.0702 e. The predicted octanol–water partition coefficient (Wildman–Crippen LogP) is 3.57. The highest BCUT2D eigenvalue weighted by atomic mass is 15.2. The van der Waals surface area contributed by atoms with Gasteiger partial charge in [0.05, 0.1) is 11.6 Å². The third-order valence-electron chi connectivity index (χ3n) is 4.78. The number of hydrogen-bond acceptors (Lipinski definition) is 3. The molecule has 3 rings (SSSR count). The first-order valence-electron chi connectivity index (χ1n) is 7.62. The second-order valence-corrected chi connectivity index (χ2v) is 5.95. The van der Waals surface area contributed by atoms with Gasteiger partial charge in [-0.3, -0.25) is 16.3 Å². The minimum absolute atomic E-state index is 0.226. The number of benzene rings is 1. The Bertz CT molecular complexity index is 581.